The normalized spacial score (nSPS) is 19.6. The van der Waals surface area contributed by atoms with E-state index in [1.165, 1.54) is 12.1 Å². The summed E-state index contributed by atoms with van der Waals surface area (Å²) in [5.41, 5.74) is 0.955. The number of piperidine rings is 1. The molecule has 1 aliphatic rings. The highest BCUT2D eigenvalue weighted by Crippen LogP contribution is 2.14. The Kier molecular flexibility index (Phi) is 4.31. The number of nitrogens with one attached hydrogen (secondary N) is 1. The third-order valence-corrected chi connectivity index (χ3v) is 3.36. The zero-order chi connectivity index (χ0) is 13.0. The molecule has 0 unspecified atom stereocenters. The number of hydrogen-bond donors (Lipinski definition) is 1. The minimum absolute atomic E-state index is 0.0872. The van der Waals surface area contributed by atoms with Crippen LogP contribution in [0.25, 0.3) is 0 Å². The van der Waals surface area contributed by atoms with Gasteiger partial charge in [0.05, 0.1) is 5.92 Å². The Balaban J connectivity index is 1.92. The van der Waals surface area contributed by atoms with Crippen LogP contribution in [0.1, 0.15) is 18.4 Å². The van der Waals surface area contributed by atoms with E-state index < -0.39 is 0 Å². The molecule has 1 aromatic rings. The summed E-state index contributed by atoms with van der Waals surface area (Å²) in [7, 11) is 1.81. The second-order valence-electron chi connectivity index (χ2n) is 4.86. The average Bonchev–Trinajstić information content (AvgIpc) is 2.41. The highest BCUT2D eigenvalue weighted by molar-refractivity contribution is 5.78. The summed E-state index contributed by atoms with van der Waals surface area (Å²) < 4.78 is 12.8. The standard InChI is InChI=1S/C14H19FN2O/c1-17(10-11-4-6-13(15)7-5-11)14(18)12-3-2-8-16-9-12/h4-7,12,16H,2-3,8-10H2,1H3/t12-/m0/s1. The van der Waals surface area contributed by atoms with Gasteiger partial charge in [-0.05, 0) is 37.1 Å². The molecule has 4 heteroatoms. The molecule has 2 rings (SSSR count). The van der Waals surface area contributed by atoms with Crippen molar-refractivity contribution in [3.8, 4) is 0 Å². The molecule has 1 saturated heterocycles. The summed E-state index contributed by atoms with van der Waals surface area (Å²) in [4.78, 5) is 13.9. The van der Waals surface area contributed by atoms with Crippen molar-refractivity contribution in [2.45, 2.75) is 19.4 Å². The Morgan fingerprint density at radius 1 is 1.44 bits per heavy atom. The molecule has 0 spiro atoms. The molecule has 1 heterocycles. The van der Waals surface area contributed by atoms with Crippen LogP contribution in [0.15, 0.2) is 24.3 Å². The van der Waals surface area contributed by atoms with Gasteiger partial charge >= 0.3 is 0 Å². The Labute approximate surface area is 107 Å². The SMILES string of the molecule is CN(Cc1ccc(F)cc1)C(=O)[C@H]1CCCNC1. The number of rotatable bonds is 3. The smallest absolute Gasteiger partial charge is 0.227 e. The average molecular weight is 250 g/mol. The van der Waals surface area contributed by atoms with Crippen molar-refractivity contribution < 1.29 is 9.18 Å². The summed E-state index contributed by atoms with van der Waals surface area (Å²) in [5, 5.41) is 3.24. The summed E-state index contributed by atoms with van der Waals surface area (Å²) >= 11 is 0. The molecule has 1 atom stereocenters. The lowest BCUT2D eigenvalue weighted by molar-refractivity contribution is -0.135. The maximum absolute atomic E-state index is 12.8. The Morgan fingerprint density at radius 3 is 2.78 bits per heavy atom. The molecule has 98 valence electrons. The summed E-state index contributed by atoms with van der Waals surface area (Å²) in [6, 6.07) is 6.29. The molecule has 0 aromatic heterocycles. The van der Waals surface area contributed by atoms with Crippen molar-refractivity contribution in [3.63, 3.8) is 0 Å². The fourth-order valence-corrected chi connectivity index (χ4v) is 2.32. The van der Waals surface area contributed by atoms with Crippen molar-refractivity contribution in [1.82, 2.24) is 10.2 Å². The number of benzene rings is 1. The number of hydrogen-bond acceptors (Lipinski definition) is 2. The third kappa shape index (κ3) is 3.29. The second-order valence-corrected chi connectivity index (χ2v) is 4.86. The van der Waals surface area contributed by atoms with Crippen LogP contribution in [0.2, 0.25) is 0 Å². The van der Waals surface area contributed by atoms with Gasteiger partial charge in [-0.1, -0.05) is 12.1 Å². The molecule has 1 aromatic carbocycles. The highest BCUT2D eigenvalue weighted by Gasteiger charge is 2.23. The van der Waals surface area contributed by atoms with Gasteiger partial charge in [-0.3, -0.25) is 4.79 Å². The van der Waals surface area contributed by atoms with Crippen LogP contribution in [0.3, 0.4) is 0 Å². The minimum Gasteiger partial charge on any atom is -0.341 e. The van der Waals surface area contributed by atoms with E-state index in [9.17, 15) is 9.18 Å². The fraction of sp³-hybridized carbons (Fsp3) is 0.500. The van der Waals surface area contributed by atoms with E-state index in [2.05, 4.69) is 5.32 Å². The second kappa shape index (κ2) is 5.96. The Hall–Kier alpha value is -1.42. The van der Waals surface area contributed by atoms with Crippen molar-refractivity contribution in [2.24, 2.45) is 5.92 Å². The molecule has 1 fully saturated rings. The largest absolute Gasteiger partial charge is 0.341 e. The van der Waals surface area contributed by atoms with E-state index in [0.29, 0.717) is 6.54 Å². The molecule has 1 N–H and O–H groups in total. The van der Waals surface area contributed by atoms with E-state index >= 15 is 0 Å². The van der Waals surface area contributed by atoms with Gasteiger partial charge in [-0.2, -0.15) is 0 Å². The lowest BCUT2D eigenvalue weighted by Gasteiger charge is -2.27. The monoisotopic (exact) mass is 250 g/mol. The molecule has 0 radical (unpaired) electrons. The zero-order valence-electron chi connectivity index (χ0n) is 10.7. The van der Waals surface area contributed by atoms with Crippen molar-refractivity contribution >= 4 is 5.91 Å². The summed E-state index contributed by atoms with van der Waals surface area (Å²) in [5.74, 6) is 0.0138. The highest BCUT2D eigenvalue weighted by atomic mass is 19.1. The first-order chi connectivity index (χ1) is 8.66. The van der Waals surface area contributed by atoms with E-state index in [-0.39, 0.29) is 17.6 Å². The third-order valence-electron chi connectivity index (χ3n) is 3.36. The number of carbonyl (C=O) groups is 1. The van der Waals surface area contributed by atoms with Gasteiger partial charge < -0.3 is 10.2 Å². The van der Waals surface area contributed by atoms with Crippen LogP contribution in [-0.2, 0) is 11.3 Å². The number of halogens is 1. The van der Waals surface area contributed by atoms with Crippen molar-refractivity contribution in [1.29, 1.82) is 0 Å². The van der Waals surface area contributed by atoms with Gasteiger partial charge in [0, 0.05) is 20.1 Å². The number of amides is 1. The maximum atomic E-state index is 12.8. The molecule has 0 aliphatic carbocycles. The quantitative estimate of drug-likeness (QED) is 0.887. The Morgan fingerprint density at radius 2 is 2.17 bits per heavy atom. The minimum atomic E-state index is -0.246. The van der Waals surface area contributed by atoms with Crippen LogP contribution in [0.4, 0.5) is 4.39 Å². The maximum Gasteiger partial charge on any atom is 0.227 e. The van der Waals surface area contributed by atoms with Crippen molar-refractivity contribution in [2.75, 3.05) is 20.1 Å². The lowest BCUT2D eigenvalue weighted by Crippen LogP contribution is -2.41. The van der Waals surface area contributed by atoms with Crippen LogP contribution < -0.4 is 5.32 Å². The van der Waals surface area contributed by atoms with E-state index in [4.69, 9.17) is 0 Å². The van der Waals surface area contributed by atoms with Crippen LogP contribution >= 0.6 is 0 Å². The van der Waals surface area contributed by atoms with Gasteiger partial charge in [0.1, 0.15) is 5.82 Å². The molecule has 0 bridgehead atoms. The molecular weight excluding hydrogens is 231 g/mol. The predicted molar refractivity (Wildman–Crippen MR) is 68.5 cm³/mol. The van der Waals surface area contributed by atoms with E-state index in [1.54, 1.807) is 24.1 Å². The first-order valence-corrected chi connectivity index (χ1v) is 6.37. The number of nitrogens with zero attached hydrogens (tertiary/aromatic N) is 1. The van der Waals surface area contributed by atoms with Crippen molar-refractivity contribution in [3.05, 3.63) is 35.6 Å². The van der Waals surface area contributed by atoms with Crippen LogP contribution in [-0.4, -0.2) is 30.9 Å². The molecule has 1 amide bonds. The first kappa shape index (κ1) is 13.0. The van der Waals surface area contributed by atoms with Gasteiger partial charge in [-0.25, -0.2) is 4.39 Å². The van der Waals surface area contributed by atoms with Crippen LogP contribution in [0, 0.1) is 11.7 Å². The lowest BCUT2D eigenvalue weighted by atomic mass is 9.98. The van der Waals surface area contributed by atoms with E-state index in [1.807, 2.05) is 0 Å². The number of carbonyl (C=O) groups excluding carboxylic acids is 1. The van der Waals surface area contributed by atoms with E-state index in [0.717, 1.165) is 31.5 Å². The molecule has 3 nitrogen and oxygen atoms in total. The topological polar surface area (TPSA) is 32.3 Å². The molecule has 1 aliphatic heterocycles. The first-order valence-electron chi connectivity index (χ1n) is 6.37. The van der Waals surface area contributed by atoms with Gasteiger partial charge in [0.2, 0.25) is 5.91 Å². The fourth-order valence-electron chi connectivity index (χ4n) is 2.32. The van der Waals surface area contributed by atoms with Crippen LogP contribution in [0.5, 0.6) is 0 Å². The molecular formula is C14H19FN2O. The van der Waals surface area contributed by atoms with Gasteiger partial charge in [0.15, 0.2) is 0 Å². The molecule has 18 heavy (non-hydrogen) atoms. The van der Waals surface area contributed by atoms with Gasteiger partial charge in [0.25, 0.3) is 0 Å². The molecule has 0 saturated carbocycles. The zero-order valence-corrected chi connectivity index (χ0v) is 10.7. The summed E-state index contributed by atoms with van der Waals surface area (Å²) in [6.45, 7) is 2.31. The van der Waals surface area contributed by atoms with Gasteiger partial charge in [-0.15, -0.1) is 0 Å². The summed E-state index contributed by atoms with van der Waals surface area (Å²) in [6.07, 6.45) is 2.01. The predicted octanol–water partition coefficient (Wildman–Crippen LogP) is 1.78. The Bertz CT molecular complexity index is 399.